The predicted molar refractivity (Wildman–Crippen MR) is 79.6 cm³/mol. The lowest BCUT2D eigenvalue weighted by atomic mass is 10.2. The van der Waals surface area contributed by atoms with E-state index in [0.717, 1.165) is 0 Å². The molecule has 0 atom stereocenters. The highest BCUT2D eigenvalue weighted by Gasteiger charge is 2.11. The van der Waals surface area contributed by atoms with Gasteiger partial charge in [-0.25, -0.2) is 17.9 Å². The third-order valence-electron chi connectivity index (χ3n) is 2.47. The fourth-order valence-electron chi connectivity index (χ4n) is 1.60. The molecule has 2 rings (SSSR count). The lowest BCUT2D eigenvalue weighted by molar-refractivity contribution is 0.598. The maximum atomic E-state index is 13.0. The zero-order valence-electron chi connectivity index (χ0n) is 10.1. The zero-order valence-corrected chi connectivity index (χ0v) is 12.5. The smallest absolute Gasteiger partial charge is 0.238 e. The van der Waals surface area contributed by atoms with E-state index >= 15 is 0 Å². The Hall–Kier alpha value is -1.64. The van der Waals surface area contributed by atoms with E-state index in [-0.39, 0.29) is 16.4 Å². The number of rotatable bonds is 3. The topological polar surface area (TPSA) is 98.2 Å². The molecule has 0 spiro atoms. The molecule has 0 radical (unpaired) electrons. The molecule has 0 saturated heterocycles. The van der Waals surface area contributed by atoms with E-state index in [2.05, 4.69) is 21.2 Å². The van der Waals surface area contributed by atoms with Gasteiger partial charge in [-0.2, -0.15) is 0 Å². The molecule has 2 aromatic rings. The molecule has 8 heteroatoms. The van der Waals surface area contributed by atoms with E-state index in [1.54, 1.807) is 6.07 Å². The van der Waals surface area contributed by atoms with Crippen molar-refractivity contribution in [3.8, 4) is 0 Å². The van der Waals surface area contributed by atoms with Crippen LogP contribution in [0.3, 0.4) is 0 Å². The lowest BCUT2D eigenvalue weighted by Gasteiger charge is -2.11. The van der Waals surface area contributed by atoms with E-state index < -0.39 is 10.0 Å². The number of sulfonamides is 1. The number of benzene rings is 2. The van der Waals surface area contributed by atoms with Crippen molar-refractivity contribution in [2.75, 3.05) is 11.1 Å². The number of nitrogen functional groups attached to an aromatic ring is 1. The van der Waals surface area contributed by atoms with Crippen molar-refractivity contribution in [1.82, 2.24) is 0 Å². The average Bonchev–Trinajstić information content (AvgIpc) is 2.31. The normalized spacial score (nSPS) is 11.3. The van der Waals surface area contributed by atoms with Gasteiger partial charge in [-0.3, -0.25) is 0 Å². The fraction of sp³-hybridized carbons (Fsp3) is 0. The van der Waals surface area contributed by atoms with Gasteiger partial charge in [-0.05, 0) is 52.3 Å². The van der Waals surface area contributed by atoms with Crippen molar-refractivity contribution < 1.29 is 12.8 Å². The Bertz CT molecular complexity index is 765. The average molecular weight is 360 g/mol. The summed E-state index contributed by atoms with van der Waals surface area (Å²) >= 11 is 3.20. The highest BCUT2D eigenvalue weighted by atomic mass is 79.9. The molecule has 106 valence electrons. The Morgan fingerprint density at radius 3 is 2.45 bits per heavy atom. The van der Waals surface area contributed by atoms with E-state index in [0.29, 0.717) is 15.8 Å². The van der Waals surface area contributed by atoms with Crippen LogP contribution < -0.4 is 16.2 Å². The van der Waals surface area contributed by atoms with Crippen LogP contribution in [-0.4, -0.2) is 8.42 Å². The monoisotopic (exact) mass is 359 g/mol. The molecule has 0 aliphatic heterocycles. The van der Waals surface area contributed by atoms with Crippen molar-refractivity contribution in [2.24, 2.45) is 5.14 Å². The molecule has 5 nitrogen and oxygen atoms in total. The van der Waals surface area contributed by atoms with Gasteiger partial charge in [0.15, 0.2) is 0 Å². The van der Waals surface area contributed by atoms with Crippen molar-refractivity contribution in [2.45, 2.75) is 4.90 Å². The summed E-state index contributed by atoms with van der Waals surface area (Å²) in [5.74, 6) is -0.389. The van der Waals surface area contributed by atoms with Crippen LogP contribution in [0.5, 0.6) is 0 Å². The number of nitrogens with two attached hydrogens (primary N) is 2. The summed E-state index contributed by atoms with van der Waals surface area (Å²) < 4.78 is 36.2. The van der Waals surface area contributed by atoms with Crippen molar-refractivity contribution >= 4 is 43.0 Å². The fourth-order valence-corrected chi connectivity index (χ4v) is 2.65. The summed E-state index contributed by atoms with van der Waals surface area (Å²) in [6.07, 6.45) is 0. The number of primary sulfonamides is 1. The van der Waals surface area contributed by atoms with Crippen LogP contribution >= 0.6 is 15.9 Å². The number of hydrogen-bond acceptors (Lipinski definition) is 4. The number of halogens is 2. The van der Waals surface area contributed by atoms with Crippen LogP contribution in [0.15, 0.2) is 45.8 Å². The summed E-state index contributed by atoms with van der Waals surface area (Å²) in [6.45, 7) is 0. The summed E-state index contributed by atoms with van der Waals surface area (Å²) in [5.41, 5.74) is 6.89. The molecule has 0 unspecified atom stereocenters. The third-order valence-corrected chi connectivity index (χ3v) is 4.02. The van der Waals surface area contributed by atoms with E-state index in [1.165, 1.54) is 30.3 Å². The second kappa shape index (κ2) is 5.39. The van der Waals surface area contributed by atoms with Crippen LogP contribution in [0.2, 0.25) is 0 Å². The van der Waals surface area contributed by atoms with Gasteiger partial charge in [0.25, 0.3) is 0 Å². The zero-order chi connectivity index (χ0) is 14.9. The molecule has 0 saturated carbocycles. The summed E-state index contributed by atoms with van der Waals surface area (Å²) in [5, 5.41) is 8.01. The Labute approximate surface area is 124 Å². The summed E-state index contributed by atoms with van der Waals surface area (Å²) in [6, 6.07) is 8.24. The molecule has 5 N–H and O–H groups in total. The van der Waals surface area contributed by atoms with Crippen LogP contribution in [0.1, 0.15) is 0 Å². The van der Waals surface area contributed by atoms with E-state index in [4.69, 9.17) is 10.9 Å². The summed E-state index contributed by atoms with van der Waals surface area (Å²) in [4.78, 5) is -0.0989. The Morgan fingerprint density at radius 1 is 1.15 bits per heavy atom. The molecule has 2 aromatic carbocycles. The Kier molecular flexibility index (Phi) is 3.98. The molecule has 0 fully saturated rings. The highest BCUT2D eigenvalue weighted by Crippen LogP contribution is 2.28. The molecular formula is C12H11BrFN3O2S. The van der Waals surface area contributed by atoms with Crippen LogP contribution in [0, 0.1) is 5.82 Å². The molecule has 20 heavy (non-hydrogen) atoms. The first kappa shape index (κ1) is 14.8. The van der Waals surface area contributed by atoms with Gasteiger partial charge < -0.3 is 11.1 Å². The van der Waals surface area contributed by atoms with Crippen molar-refractivity contribution in [3.63, 3.8) is 0 Å². The molecule has 0 bridgehead atoms. The molecule has 0 heterocycles. The Morgan fingerprint density at radius 2 is 1.85 bits per heavy atom. The Balaban J connectivity index is 2.41. The first-order valence-corrected chi connectivity index (χ1v) is 7.75. The minimum Gasteiger partial charge on any atom is -0.399 e. The van der Waals surface area contributed by atoms with Crippen LogP contribution in [0.25, 0.3) is 0 Å². The highest BCUT2D eigenvalue weighted by molar-refractivity contribution is 9.10. The van der Waals surface area contributed by atoms with Gasteiger partial charge in [-0.1, -0.05) is 0 Å². The predicted octanol–water partition coefficient (Wildman–Crippen LogP) is 2.56. The first-order valence-electron chi connectivity index (χ1n) is 5.41. The van der Waals surface area contributed by atoms with Gasteiger partial charge in [0, 0.05) is 15.8 Å². The van der Waals surface area contributed by atoms with Gasteiger partial charge in [0.1, 0.15) is 5.82 Å². The van der Waals surface area contributed by atoms with E-state index in [1.807, 2.05) is 0 Å². The molecular weight excluding hydrogens is 349 g/mol. The second-order valence-corrected chi connectivity index (χ2v) is 6.50. The first-order chi connectivity index (χ1) is 9.25. The van der Waals surface area contributed by atoms with Crippen molar-refractivity contribution in [1.29, 1.82) is 0 Å². The van der Waals surface area contributed by atoms with Crippen LogP contribution in [0.4, 0.5) is 21.5 Å². The standard InChI is InChI=1S/C12H11BrFN3O2S/c13-11-3-7(14)1-2-12(11)17-9-4-8(15)5-10(6-9)20(16,18)19/h1-6,17H,15H2,(H2,16,18,19). The molecule has 0 amide bonds. The number of hydrogen-bond donors (Lipinski definition) is 3. The lowest BCUT2D eigenvalue weighted by Crippen LogP contribution is -2.12. The number of anilines is 3. The molecule has 0 aromatic heterocycles. The van der Waals surface area contributed by atoms with Crippen molar-refractivity contribution in [3.05, 3.63) is 46.7 Å². The maximum absolute atomic E-state index is 13.0. The van der Waals surface area contributed by atoms with Gasteiger partial charge >= 0.3 is 0 Å². The summed E-state index contributed by atoms with van der Waals surface area (Å²) in [7, 11) is -3.85. The minimum absolute atomic E-state index is 0.0989. The maximum Gasteiger partial charge on any atom is 0.238 e. The largest absolute Gasteiger partial charge is 0.399 e. The number of nitrogens with one attached hydrogen (secondary N) is 1. The second-order valence-electron chi connectivity index (χ2n) is 4.08. The van der Waals surface area contributed by atoms with Gasteiger partial charge in [0.05, 0.1) is 10.6 Å². The SMILES string of the molecule is Nc1cc(Nc2ccc(F)cc2Br)cc(S(N)(=O)=O)c1. The van der Waals surface area contributed by atoms with Crippen LogP contribution in [-0.2, 0) is 10.0 Å². The van der Waals surface area contributed by atoms with Gasteiger partial charge in [-0.15, -0.1) is 0 Å². The quantitative estimate of drug-likeness (QED) is 0.733. The third kappa shape index (κ3) is 3.47. The molecule has 0 aliphatic rings. The molecule has 0 aliphatic carbocycles. The van der Waals surface area contributed by atoms with Gasteiger partial charge in [0.2, 0.25) is 10.0 Å². The minimum atomic E-state index is -3.85. The van der Waals surface area contributed by atoms with E-state index in [9.17, 15) is 12.8 Å².